The van der Waals surface area contributed by atoms with Gasteiger partial charge in [-0.1, -0.05) is 30.3 Å². The fourth-order valence-electron chi connectivity index (χ4n) is 5.11. The quantitative estimate of drug-likeness (QED) is 0.280. The van der Waals surface area contributed by atoms with Crippen LogP contribution in [-0.2, 0) is 0 Å². The van der Waals surface area contributed by atoms with Gasteiger partial charge in [-0.15, -0.1) is 0 Å². The Morgan fingerprint density at radius 3 is 2.45 bits per heavy atom. The molecule has 6 rings (SSSR count). The number of imide groups is 1. The first-order valence-corrected chi connectivity index (χ1v) is 11.0. The molecule has 3 aromatic carbocycles. The van der Waals surface area contributed by atoms with Gasteiger partial charge in [0.05, 0.1) is 22.2 Å². The van der Waals surface area contributed by atoms with Crippen LogP contribution in [0.15, 0.2) is 54.6 Å². The number of benzene rings is 3. The summed E-state index contributed by atoms with van der Waals surface area (Å²) in [4.78, 5) is 34.9. The first-order chi connectivity index (χ1) is 15.2. The average Bonchev–Trinajstić information content (AvgIpc) is 3.40. The van der Waals surface area contributed by atoms with Crippen molar-refractivity contribution in [2.75, 3.05) is 26.2 Å². The van der Waals surface area contributed by atoms with Gasteiger partial charge in [0.15, 0.2) is 0 Å². The topological polar surface area (TPSA) is 53.5 Å². The predicted octanol–water partition coefficient (Wildman–Crippen LogP) is 4.62. The van der Waals surface area contributed by atoms with Gasteiger partial charge >= 0.3 is 0 Å². The molecule has 1 saturated heterocycles. The molecule has 5 heteroatoms. The Hall–Kier alpha value is -3.31. The number of amides is 2. The number of likely N-dealkylation sites (tertiary alicyclic amines) is 1. The largest absolute Gasteiger partial charge is 0.303 e. The average molecular weight is 409 g/mol. The second-order valence-electron chi connectivity index (χ2n) is 8.56. The molecule has 0 bridgehead atoms. The van der Waals surface area contributed by atoms with Crippen molar-refractivity contribution in [3.05, 3.63) is 65.7 Å². The first kappa shape index (κ1) is 18.5. The second kappa shape index (κ2) is 7.13. The molecule has 2 aliphatic rings. The highest BCUT2D eigenvalue weighted by Gasteiger charge is 2.36. The van der Waals surface area contributed by atoms with Gasteiger partial charge in [-0.25, -0.2) is 4.98 Å². The van der Waals surface area contributed by atoms with Crippen LogP contribution in [0.25, 0.3) is 32.6 Å². The van der Waals surface area contributed by atoms with Crippen LogP contribution in [0.2, 0.25) is 0 Å². The Kier molecular flexibility index (Phi) is 4.25. The number of carbonyl (C=O) groups is 2. The van der Waals surface area contributed by atoms with Crippen molar-refractivity contribution in [1.29, 1.82) is 0 Å². The molecular weight excluding hydrogens is 386 g/mol. The predicted molar refractivity (Wildman–Crippen MR) is 122 cm³/mol. The molecule has 0 saturated carbocycles. The van der Waals surface area contributed by atoms with Gasteiger partial charge < -0.3 is 4.90 Å². The normalized spacial score (nSPS) is 16.8. The number of pyridine rings is 1. The van der Waals surface area contributed by atoms with E-state index in [0.29, 0.717) is 17.7 Å². The van der Waals surface area contributed by atoms with Crippen LogP contribution < -0.4 is 0 Å². The molecule has 3 heterocycles. The highest BCUT2D eigenvalue weighted by molar-refractivity contribution is 6.28. The third-order valence-electron chi connectivity index (χ3n) is 6.69. The van der Waals surface area contributed by atoms with Crippen molar-refractivity contribution in [1.82, 2.24) is 14.8 Å². The van der Waals surface area contributed by atoms with Crippen molar-refractivity contribution in [3.63, 3.8) is 0 Å². The van der Waals surface area contributed by atoms with Crippen molar-refractivity contribution in [3.8, 4) is 0 Å². The monoisotopic (exact) mass is 409 g/mol. The summed E-state index contributed by atoms with van der Waals surface area (Å²) >= 11 is 0. The zero-order valence-corrected chi connectivity index (χ0v) is 17.3. The van der Waals surface area contributed by atoms with E-state index >= 15 is 0 Å². The second-order valence-corrected chi connectivity index (χ2v) is 8.56. The number of para-hydroxylation sites is 1. The minimum Gasteiger partial charge on any atom is -0.303 e. The smallest absolute Gasteiger partial charge is 0.262 e. The van der Waals surface area contributed by atoms with E-state index in [1.807, 2.05) is 48.5 Å². The van der Waals surface area contributed by atoms with Gasteiger partial charge in [-0.05, 0) is 73.9 Å². The van der Waals surface area contributed by atoms with E-state index in [1.54, 1.807) is 0 Å². The third-order valence-corrected chi connectivity index (χ3v) is 6.69. The fraction of sp³-hybridized carbons (Fsp3) is 0.269. The van der Waals surface area contributed by atoms with E-state index in [4.69, 9.17) is 4.98 Å². The van der Waals surface area contributed by atoms with E-state index in [2.05, 4.69) is 11.0 Å². The summed E-state index contributed by atoms with van der Waals surface area (Å²) in [7, 11) is 0. The maximum Gasteiger partial charge on any atom is 0.262 e. The number of nitrogens with zero attached hydrogens (tertiary/aromatic N) is 3. The van der Waals surface area contributed by atoms with Gasteiger partial charge in [0, 0.05) is 17.3 Å². The van der Waals surface area contributed by atoms with Crippen molar-refractivity contribution in [2.45, 2.75) is 19.3 Å². The number of rotatable bonds is 4. The van der Waals surface area contributed by atoms with Gasteiger partial charge in [0.1, 0.15) is 0 Å². The van der Waals surface area contributed by atoms with Crippen LogP contribution in [0.1, 0.15) is 40.0 Å². The van der Waals surface area contributed by atoms with E-state index < -0.39 is 0 Å². The summed E-state index contributed by atoms with van der Waals surface area (Å²) in [5.74, 6) is -0.333. The Labute approximate surface area is 180 Å². The molecule has 1 aromatic heterocycles. The molecule has 5 nitrogen and oxygen atoms in total. The highest BCUT2D eigenvalue weighted by Crippen LogP contribution is 2.34. The zero-order chi connectivity index (χ0) is 20.9. The Morgan fingerprint density at radius 1 is 0.774 bits per heavy atom. The molecule has 0 unspecified atom stereocenters. The standard InChI is InChI=1S/C26H23N3O2/c30-25-20-9-8-18-19(10-11-23-21(18)16-17-6-1-2-7-22(17)27-23)24(20)26(31)29(25)15-5-14-28-12-3-4-13-28/h1-2,6-11,16H,3-5,12-15H2. The van der Waals surface area contributed by atoms with E-state index in [9.17, 15) is 9.59 Å². The SMILES string of the molecule is O=C1c2ccc3c(ccc4nc5ccccc5cc43)c2C(=O)N1CCCN1CCCC1. The highest BCUT2D eigenvalue weighted by atomic mass is 16.2. The lowest BCUT2D eigenvalue weighted by Gasteiger charge is -2.18. The molecule has 0 radical (unpaired) electrons. The fourth-order valence-corrected chi connectivity index (χ4v) is 5.11. The minimum absolute atomic E-state index is 0.167. The Morgan fingerprint density at radius 2 is 1.58 bits per heavy atom. The number of fused-ring (bicyclic) bond motifs is 6. The minimum atomic E-state index is -0.167. The molecule has 31 heavy (non-hydrogen) atoms. The van der Waals surface area contributed by atoms with Crippen molar-refractivity contribution in [2.24, 2.45) is 0 Å². The molecule has 0 atom stereocenters. The summed E-state index contributed by atoms with van der Waals surface area (Å²) in [5, 5.41) is 3.87. The van der Waals surface area contributed by atoms with Gasteiger partial charge in [0.2, 0.25) is 0 Å². The van der Waals surface area contributed by atoms with Crippen LogP contribution in [0.4, 0.5) is 0 Å². The van der Waals surface area contributed by atoms with Crippen LogP contribution >= 0.6 is 0 Å². The number of hydrogen-bond donors (Lipinski definition) is 0. The molecule has 2 aliphatic heterocycles. The number of aromatic nitrogens is 1. The summed E-state index contributed by atoms with van der Waals surface area (Å²) in [5.41, 5.74) is 2.90. The first-order valence-electron chi connectivity index (χ1n) is 11.0. The van der Waals surface area contributed by atoms with Crippen LogP contribution in [0.3, 0.4) is 0 Å². The van der Waals surface area contributed by atoms with Crippen LogP contribution in [0, 0.1) is 0 Å². The molecule has 1 fully saturated rings. The van der Waals surface area contributed by atoms with E-state index in [-0.39, 0.29) is 11.8 Å². The molecule has 154 valence electrons. The van der Waals surface area contributed by atoms with Crippen molar-refractivity contribution < 1.29 is 9.59 Å². The lowest BCUT2D eigenvalue weighted by Crippen LogP contribution is -2.33. The maximum atomic E-state index is 13.3. The Bertz CT molecular complexity index is 1370. The molecule has 0 spiro atoms. The Balaban J connectivity index is 1.39. The molecule has 0 aliphatic carbocycles. The third kappa shape index (κ3) is 2.92. The van der Waals surface area contributed by atoms with Crippen molar-refractivity contribution >= 4 is 44.4 Å². The summed E-state index contributed by atoms with van der Waals surface area (Å²) in [6.07, 6.45) is 3.32. The van der Waals surface area contributed by atoms with Gasteiger partial charge in [-0.2, -0.15) is 0 Å². The molecular formula is C26H23N3O2. The summed E-state index contributed by atoms with van der Waals surface area (Å²) in [6, 6.07) is 17.8. The number of carbonyl (C=O) groups excluding carboxylic acids is 2. The molecule has 0 N–H and O–H groups in total. The van der Waals surface area contributed by atoms with Crippen LogP contribution in [-0.4, -0.2) is 52.8 Å². The summed E-state index contributed by atoms with van der Waals surface area (Å²) in [6.45, 7) is 3.67. The lowest BCUT2D eigenvalue weighted by molar-refractivity contribution is 0.0649. The van der Waals surface area contributed by atoms with Gasteiger partial charge in [-0.3, -0.25) is 14.5 Å². The number of hydrogen-bond acceptors (Lipinski definition) is 4. The zero-order valence-electron chi connectivity index (χ0n) is 17.3. The van der Waals surface area contributed by atoms with Gasteiger partial charge in [0.25, 0.3) is 11.8 Å². The van der Waals surface area contributed by atoms with E-state index in [0.717, 1.165) is 58.6 Å². The van der Waals surface area contributed by atoms with E-state index in [1.165, 1.54) is 17.7 Å². The summed E-state index contributed by atoms with van der Waals surface area (Å²) < 4.78 is 0. The molecule has 4 aromatic rings. The van der Waals surface area contributed by atoms with Crippen LogP contribution in [0.5, 0.6) is 0 Å². The maximum absolute atomic E-state index is 13.3. The molecule has 2 amide bonds. The lowest BCUT2D eigenvalue weighted by atomic mass is 9.97.